The van der Waals surface area contributed by atoms with Crippen LogP contribution in [0, 0.1) is 0 Å². The van der Waals surface area contributed by atoms with Gasteiger partial charge in [-0.2, -0.15) is 0 Å². The molecule has 242 valence electrons. The molecule has 0 rings (SSSR count). The molecule has 0 amide bonds. The fourth-order valence-electron chi connectivity index (χ4n) is 6.05. The van der Waals surface area contributed by atoms with E-state index >= 15 is 0 Å². The van der Waals surface area contributed by atoms with Crippen molar-refractivity contribution in [3.05, 3.63) is 0 Å². The van der Waals surface area contributed by atoms with Crippen LogP contribution < -0.4 is 0 Å². The first-order chi connectivity index (χ1) is 19.6. The zero-order valence-electron chi connectivity index (χ0n) is 28.5. The third-order valence-corrected chi connectivity index (χ3v) is 8.77. The summed E-state index contributed by atoms with van der Waals surface area (Å²) in [5, 5.41) is 10.8. The molecule has 0 fully saturated rings. The lowest BCUT2D eigenvalue weighted by Crippen LogP contribution is -2.35. The predicted octanol–water partition coefficient (Wildman–Crippen LogP) is 11.2. The van der Waals surface area contributed by atoms with Gasteiger partial charge in [-0.25, -0.2) is 0 Å². The van der Waals surface area contributed by atoms with Gasteiger partial charge in [0, 0.05) is 6.54 Å². The van der Waals surface area contributed by atoms with Crippen LogP contribution in [-0.2, 0) is 0 Å². The minimum atomic E-state index is -0.144. The zero-order chi connectivity index (χ0) is 29.4. The maximum atomic E-state index is 10.8. The Hall–Kier alpha value is -0.120. The van der Waals surface area contributed by atoms with Crippen LogP contribution in [-0.4, -0.2) is 61.3 Å². The second kappa shape index (κ2) is 33.4. The molecule has 1 unspecified atom stereocenters. The van der Waals surface area contributed by atoms with E-state index in [9.17, 15) is 5.11 Å². The van der Waals surface area contributed by atoms with E-state index in [2.05, 4.69) is 37.7 Å². The third-order valence-electron chi connectivity index (χ3n) is 8.77. The third kappa shape index (κ3) is 32.4. The lowest BCUT2D eigenvalue weighted by molar-refractivity contribution is 0.0996. The highest BCUT2D eigenvalue weighted by atomic mass is 16.3. The molecular weight excluding hydrogens is 488 g/mol. The van der Waals surface area contributed by atoms with E-state index in [1.54, 1.807) is 0 Å². The molecule has 0 aliphatic carbocycles. The van der Waals surface area contributed by atoms with E-state index in [-0.39, 0.29) is 6.10 Å². The molecule has 0 aliphatic rings. The van der Waals surface area contributed by atoms with Gasteiger partial charge in [0.1, 0.15) is 0 Å². The Morgan fingerprint density at radius 3 is 1.10 bits per heavy atom. The van der Waals surface area contributed by atoms with Gasteiger partial charge in [-0.1, -0.05) is 174 Å². The van der Waals surface area contributed by atoms with E-state index < -0.39 is 0 Å². The lowest BCUT2D eigenvalue weighted by Gasteiger charge is -2.26. The molecular formula is C37H78N2O. The van der Waals surface area contributed by atoms with Crippen molar-refractivity contribution in [2.45, 2.75) is 200 Å². The molecule has 3 heteroatoms. The highest BCUT2D eigenvalue weighted by Gasteiger charge is 2.12. The minimum absolute atomic E-state index is 0.144. The Labute approximate surface area is 254 Å². The van der Waals surface area contributed by atoms with Gasteiger partial charge in [0.15, 0.2) is 0 Å². The number of hydrogen-bond acceptors (Lipinski definition) is 3. The zero-order valence-corrected chi connectivity index (χ0v) is 28.5. The van der Waals surface area contributed by atoms with Crippen LogP contribution in [0.2, 0.25) is 0 Å². The largest absolute Gasteiger partial charge is 0.392 e. The standard InChI is InChI=1S/C37H78N2O/c1-5-7-9-11-13-15-17-19-20-22-24-26-28-30-34-39(35-31-33-38(3)4)36-37(40)32-29-27-25-23-21-18-16-14-12-10-8-6-2/h37,40H,5-36H2,1-4H3. The summed E-state index contributed by atoms with van der Waals surface area (Å²) in [4.78, 5) is 4.85. The average Bonchev–Trinajstić information content (AvgIpc) is 2.93. The van der Waals surface area contributed by atoms with Gasteiger partial charge in [0.25, 0.3) is 0 Å². The topological polar surface area (TPSA) is 26.7 Å². The molecule has 0 saturated carbocycles. The van der Waals surface area contributed by atoms with E-state index in [4.69, 9.17) is 0 Å². The molecule has 0 aromatic carbocycles. The van der Waals surface area contributed by atoms with Crippen molar-refractivity contribution in [2.24, 2.45) is 0 Å². The molecule has 40 heavy (non-hydrogen) atoms. The SMILES string of the molecule is CCCCCCCCCCCCCCCCN(CCCN(C)C)CC(O)CCCCCCCCCCCCCC. The van der Waals surface area contributed by atoms with Gasteiger partial charge in [0.2, 0.25) is 0 Å². The van der Waals surface area contributed by atoms with E-state index in [0.717, 1.165) is 26.1 Å². The van der Waals surface area contributed by atoms with Crippen LogP contribution >= 0.6 is 0 Å². The molecule has 0 saturated heterocycles. The number of hydrogen-bond donors (Lipinski definition) is 1. The predicted molar refractivity (Wildman–Crippen MR) is 182 cm³/mol. The highest BCUT2D eigenvalue weighted by Crippen LogP contribution is 2.15. The average molecular weight is 567 g/mol. The molecule has 0 heterocycles. The maximum absolute atomic E-state index is 10.8. The molecule has 0 bridgehead atoms. The van der Waals surface area contributed by atoms with Crippen molar-refractivity contribution in [3.63, 3.8) is 0 Å². The number of nitrogens with zero attached hydrogens (tertiary/aromatic N) is 2. The summed E-state index contributed by atoms with van der Waals surface area (Å²) in [6.07, 6.45) is 38.5. The van der Waals surface area contributed by atoms with Crippen LogP contribution in [0.25, 0.3) is 0 Å². The summed E-state index contributed by atoms with van der Waals surface area (Å²) in [6.45, 7) is 8.92. The van der Waals surface area contributed by atoms with Crippen LogP contribution in [0.4, 0.5) is 0 Å². The van der Waals surface area contributed by atoms with Crippen LogP contribution in [0.3, 0.4) is 0 Å². The number of unbranched alkanes of at least 4 members (excludes halogenated alkanes) is 24. The molecule has 3 nitrogen and oxygen atoms in total. The van der Waals surface area contributed by atoms with E-state index in [0.29, 0.717) is 0 Å². The quantitative estimate of drug-likeness (QED) is 0.0785. The second-order valence-corrected chi connectivity index (χ2v) is 13.4. The van der Waals surface area contributed by atoms with E-state index in [1.807, 2.05) is 0 Å². The van der Waals surface area contributed by atoms with Gasteiger partial charge in [-0.05, 0) is 53.0 Å². The fraction of sp³-hybridized carbons (Fsp3) is 1.00. The van der Waals surface area contributed by atoms with Gasteiger partial charge in [-0.3, -0.25) is 0 Å². The number of aliphatic hydroxyl groups excluding tert-OH is 1. The van der Waals surface area contributed by atoms with Gasteiger partial charge in [0.05, 0.1) is 6.10 Å². The van der Waals surface area contributed by atoms with Crippen molar-refractivity contribution in [3.8, 4) is 0 Å². The number of rotatable bonds is 34. The van der Waals surface area contributed by atoms with E-state index in [1.165, 1.54) is 180 Å². The smallest absolute Gasteiger partial charge is 0.0667 e. The van der Waals surface area contributed by atoms with Crippen molar-refractivity contribution in [2.75, 3.05) is 40.3 Å². The summed E-state index contributed by atoms with van der Waals surface area (Å²) >= 11 is 0. The van der Waals surface area contributed by atoms with Crippen molar-refractivity contribution in [1.29, 1.82) is 0 Å². The monoisotopic (exact) mass is 567 g/mol. The summed E-state index contributed by atoms with van der Waals surface area (Å²) in [5.41, 5.74) is 0. The van der Waals surface area contributed by atoms with Crippen molar-refractivity contribution in [1.82, 2.24) is 9.80 Å². The molecule has 0 aliphatic heterocycles. The molecule has 1 atom stereocenters. The van der Waals surface area contributed by atoms with Crippen molar-refractivity contribution < 1.29 is 5.11 Å². The van der Waals surface area contributed by atoms with Crippen LogP contribution in [0.15, 0.2) is 0 Å². The Morgan fingerprint density at radius 2 is 0.725 bits per heavy atom. The Balaban J connectivity index is 3.79. The van der Waals surface area contributed by atoms with Crippen molar-refractivity contribution >= 4 is 0 Å². The van der Waals surface area contributed by atoms with Gasteiger partial charge < -0.3 is 14.9 Å². The van der Waals surface area contributed by atoms with Gasteiger partial charge in [-0.15, -0.1) is 0 Å². The first-order valence-electron chi connectivity index (χ1n) is 18.6. The maximum Gasteiger partial charge on any atom is 0.0667 e. The summed E-state index contributed by atoms with van der Waals surface area (Å²) in [5.74, 6) is 0. The molecule has 0 radical (unpaired) electrons. The Morgan fingerprint density at radius 1 is 0.400 bits per heavy atom. The summed E-state index contributed by atoms with van der Waals surface area (Å²) < 4.78 is 0. The molecule has 0 aromatic rings. The normalized spacial score (nSPS) is 12.7. The molecule has 0 aromatic heterocycles. The summed E-state index contributed by atoms with van der Waals surface area (Å²) in [7, 11) is 4.33. The minimum Gasteiger partial charge on any atom is -0.392 e. The summed E-state index contributed by atoms with van der Waals surface area (Å²) in [6, 6.07) is 0. The lowest BCUT2D eigenvalue weighted by atomic mass is 10.0. The molecule has 1 N–H and O–H groups in total. The number of aliphatic hydroxyl groups is 1. The van der Waals surface area contributed by atoms with Crippen LogP contribution in [0.1, 0.15) is 194 Å². The van der Waals surface area contributed by atoms with Crippen LogP contribution in [0.5, 0.6) is 0 Å². The van der Waals surface area contributed by atoms with Gasteiger partial charge >= 0.3 is 0 Å². The highest BCUT2D eigenvalue weighted by molar-refractivity contribution is 4.67. The Bertz CT molecular complexity index is 455. The molecule has 0 spiro atoms. The first kappa shape index (κ1) is 39.9. The fourth-order valence-corrected chi connectivity index (χ4v) is 6.05. The second-order valence-electron chi connectivity index (χ2n) is 13.4. The Kier molecular flexibility index (Phi) is 33.3. The first-order valence-corrected chi connectivity index (χ1v) is 18.6.